The Morgan fingerprint density at radius 2 is 2.03 bits per heavy atom. The number of aryl methyl sites for hydroxylation is 1. The first-order valence-corrected chi connectivity index (χ1v) is 13.1. The fraction of sp³-hybridized carbons (Fsp3) is 0.259. The molecule has 4 aromatic rings. The number of rotatable bonds is 5. The summed E-state index contributed by atoms with van der Waals surface area (Å²) in [5.41, 5.74) is 4.63. The van der Waals surface area contributed by atoms with Crippen molar-refractivity contribution < 1.29 is 4.79 Å². The van der Waals surface area contributed by atoms with E-state index in [4.69, 9.17) is 4.98 Å². The third-order valence-electron chi connectivity index (χ3n) is 6.16. The first-order valence-electron chi connectivity index (χ1n) is 11.4. The summed E-state index contributed by atoms with van der Waals surface area (Å²) in [7, 11) is 0. The second-order valence-corrected chi connectivity index (χ2v) is 10.9. The van der Waals surface area contributed by atoms with Gasteiger partial charge in [-0.15, -0.1) is 11.3 Å². The Kier molecular flexibility index (Phi) is 6.36. The molecule has 1 N–H and O–H groups in total. The summed E-state index contributed by atoms with van der Waals surface area (Å²) in [6.07, 6.45) is 2.99. The van der Waals surface area contributed by atoms with Crippen LogP contribution in [0, 0.1) is 17.2 Å². The topological polar surface area (TPSA) is 78.7 Å². The maximum Gasteiger partial charge on any atom is 0.239 e. The van der Waals surface area contributed by atoms with Crippen molar-refractivity contribution in [2.45, 2.75) is 43.4 Å². The van der Waals surface area contributed by atoms with Crippen LogP contribution in [0.3, 0.4) is 0 Å². The summed E-state index contributed by atoms with van der Waals surface area (Å²) in [6.45, 7) is 4.07. The Bertz CT molecular complexity index is 1420. The highest BCUT2D eigenvalue weighted by atomic mass is 32.2. The molecule has 0 spiro atoms. The number of thioether (sulfide) groups is 1. The van der Waals surface area contributed by atoms with Crippen molar-refractivity contribution in [1.29, 1.82) is 5.26 Å². The summed E-state index contributed by atoms with van der Waals surface area (Å²) in [5, 5.41) is 17.7. The number of nitrogens with one attached hydrogen (secondary N) is 1. The molecule has 34 heavy (non-hydrogen) atoms. The largest absolute Gasteiger partial charge is 0.301 e. The molecule has 0 fully saturated rings. The van der Waals surface area contributed by atoms with Gasteiger partial charge < -0.3 is 5.32 Å². The van der Waals surface area contributed by atoms with E-state index in [1.54, 1.807) is 0 Å². The van der Waals surface area contributed by atoms with Crippen LogP contribution in [-0.4, -0.2) is 21.1 Å². The van der Waals surface area contributed by atoms with Gasteiger partial charge in [-0.2, -0.15) is 5.26 Å². The van der Waals surface area contributed by atoms with Crippen LogP contribution in [0.4, 0.5) is 5.13 Å². The maximum atomic E-state index is 12.9. The highest BCUT2D eigenvalue weighted by Crippen LogP contribution is 2.32. The van der Waals surface area contributed by atoms with E-state index in [1.165, 1.54) is 34.0 Å². The van der Waals surface area contributed by atoms with E-state index in [1.807, 2.05) is 36.6 Å². The highest BCUT2D eigenvalue weighted by Gasteiger charge is 2.23. The van der Waals surface area contributed by atoms with Gasteiger partial charge in [-0.05, 0) is 60.6 Å². The highest BCUT2D eigenvalue weighted by molar-refractivity contribution is 8.00. The summed E-state index contributed by atoms with van der Waals surface area (Å²) in [5.74, 6) is 0.461. The molecule has 1 aliphatic rings. The van der Waals surface area contributed by atoms with Crippen LogP contribution < -0.4 is 5.32 Å². The predicted molar refractivity (Wildman–Crippen MR) is 139 cm³/mol. The van der Waals surface area contributed by atoms with Gasteiger partial charge >= 0.3 is 0 Å². The Morgan fingerprint density at radius 1 is 1.21 bits per heavy atom. The van der Waals surface area contributed by atoms with Gasteiger partial charge in [0.25, 0.3) is 0 Å². The van der Waals surface area contributed by atoms with E-state index in [9.17, 15) is 10.1 Å². The number of benzene rings is 2. The summed E-state index contributed by atoms with van der Waals surface area (Å²) in [6, 6.07) is 18.7. The molecule has 0 saturated carbocycles. The molecule has 5 nitrogen and oxygen atoms in total. The molecule has 5 rings (SSSR count). The van der Waals surface area contributed by atoms with Crippen LogP contribution in [0.2, 0.25) is 0 Å². The zero-order chi connectivity index (χ0) is 23.7. The molecule has 2 aromatic heterocycles. The summed E-state index contributed by atoms with van der Waals surface area (Å²) in [4.78, 5) is 22.3. The number of anilines is 1. The molecular weight excluding hydrogens is 460 g/mol. The lowest BCUT2D eigenvalue weighted by Gasteiger charge is -2.22. The molecule has 2 unspecified atom stereocenters. The van der Waals surface area contributed by atoms with Crippen LogP contribution in [0.1, 0.15) is 37.1 Å². The number of amides is 1. The Hall–Kier alpha value is -3.21. The number of fused-ring (bicyclic) bond motifs is 2. The average molecular weight is 485 g/mol. The van der Waals surface area contributed by atoms with E-state index in [2.05, 4.69) is 47.6 Å². The van der Waals surface area contributed by atoms with Crippen molar-refractivity contribution in [3.8, 4) is 17.3 Å². The second-order valence-electron chi connectivity index (χ2n) is 8.76. The van der Waals surface area contributed by atoms with Gasteiger partial charge in [-0.3, -0.25) is 4.79 Å². The van der Waals surface area contributed by atoms with Crippen LogP contribution in [0.15, 0.2) is 58.9 Å². The fourth-order valence-electron chi connectivity index (χ4n) is 4.24. The number of thiazole rings is 1. The molecular formula is C27H24N4OS2. The minimum atomic E-state index is -0.409. The standard InChI is InChI=1S/C27H24N4OS2/c1-16-7-10-23-21(11-16)13-22(14-28)26(29-23)34-17(2)25(32)31-27-30-24(15-33-27)20-9-8-18-5-3-4-6-19(18)12-20/h3-6,8-9,12-13,15-17H,7,10-11H2,1-2H3,(H,30,31,32). The number of hydrogen-bond acceptors (Lipinski definition) is 6. The lowest BCUT2D eigenvalue weighted by molar-refractivity contribution is -0.115. The molecule has 7 heteroatoms. The van der Waals surface area contributed by atoms with Crippen molar-refractivity contribution >= 4 is 44.9 Å². The number of nitriles is 1. The van der Waals surface area contributed by atoms with Crippen molar-refractivity contribution in [3.63, 3.8) is 0 Å². The molecule has 2 heterocycles. The smallest absolute Gasteiger partial charge is 0.239 e. The zero-order valence-corrected chi connectivity index (χ0v) is 20.7. The maximum absolute atomic E-state index is 12.9. The Labute approximate surface area is 207 Å². The molecule has 2 atom stereocenters. The molecule has 0 radical (unpaired) electrons. The molecule has 2 aromatic carbocycles. The number of pyridine rings is 1. The fourth-order valence-corrected chi connectivity index (χ4v) is 5.86. The van der Waals surface area contributed by atoms with Crippen LogP contribution in [0.25, 0.3) is 22.0 Å². The quantitative estimate of drug-likeness (QED) is 0.328. The predicted octanol–water partition coefficient (Wildman–Crippen LogP) is 6.47. The lowest BCUT2D eigenvalue weighted by atomic mass is 9.87. The monoisotopic (exact) mass is 484 g/mol. The number of carbonyl (C=O) groups excluding carboxylic acids is 1. The van der Waals surface area contributed by atoms with Gasteiger partial charge in [0.2, 0.25) is 5.91 Å². The van der Waals surface area contributed by atoms with Crippen molar-refractivity contribution in [1.82, 2.24) is 9.97 Å². The van der Waals surface area contributed by atoms with Crippen LogP contribution in [-0.2, 0) is 17.6 Å². The summed E-state index contributed by atoms with van der Waals surface area (Å²) < 4.78 is 0. The van der Waals surface area contributed by atoms with Crippen molar-refractivity contribution in [3.05, 3.63) is 70.7 Å². The first-order chi connectivity index (χ1) is 16.5. The van der Waals surface area contributed by atoms with Gasteiger partial charge in [0.05, 0.1) is 16.5 Å². The average Bonchev–Trinajstić information content (AvgIpc) is 3.31. The van der Waals surface area contributed by atoms with E-state index in [-0.39, 0.29) is 5.91 Å². The molecule has 170 valence electrons. The Morgan fingerprint density at radius 3 is 2.85 bits per heavy atom. The number of nitrogens with zero attached hydrogens (tertiary/aromatic N) is 3. The van der Waals surface area contributed by atoms with Crippen LogP contribution in [0.5, 0.6) is 0 Å². The minimum Gasteiger partial charge on any atom is -0.301 e. The SMILES string of the molecule is CC1CCc2nc(SC(C)C(=O)Nc3nc(-c4ccc5ccccc5c4)cs3)c(C#N)cc2C1. The van der Waals surface area contributed by atoms with Gasteiger partial charge in [0.1, 0.15) is 11.1 Å². The molecule has 0 bridgehead atoms. The molecule has 1 amide bonds. The number of hydrogen-bond donors (Lipinski definition) is 1. The molecule has 0 saturated heterocycles. The lowest BCUT2D eigenvalue weighted by Crippen LogP contribution is -2.23. The third kappa shape index (κ3) is 4.70. The molecule has 0 aliphatic heterocycles. The Balaban J connectivity index is 1.29. The van der Waals surface area contributed by atoms with Gasteiger partial charge in [-0.1, -0.05) is 55.1 Å². The molecule has 1 aliphatic carbocycles. The normalized spacial score (nSPS) is 16.0. The third-order valence-corrected chi connectivity index (χ3v) is 8.02. The number of carbonyl (C=O) groups is 1. The van der Waals surface area contributed by atoms with E-state index in [0.717, 1.165) is 41.6 Å². The van der Waals surface area contributed by atoms with Gasteiger partial charge in [0.15, 0.2) is 5.13 Å². The number of aromatic nitrogens is 2. The summed E-state index contributed by atoms with van der Waals surface area (Å²) >= 11 is 2.74. The first kappa shape index (κ1) is 22.6. The minimum absolute atomic E-state index is 0.151. The van der Waals surface area contributed by atoms with Crippen molar-refractivity contribution in [2.24, 2.45) is 5.92 Å². The van der Waals surface area contributed by atoms with Gasteiger partial charge in [0, 0.05) is 16.6 Å². The van der Waals surface area contributed by atoms with E-state index in [0.29, 0.717) is 21.6 Å². The van der Waals surface area contributed by atoms with Crippen LogP contribution >= 0.6 is 23.1 Å². The van der Waals surface area contributed by atoms with Crippen molar-refractivity contribution in [2.75, 3.05) is 5.32 Å². The van der Waals surface area contributed by atoms with E-state index < -0.39 is 5.25 Å². The van der Waals surface area contributed by atoms with Gasteiger partial charge in [-0.25, -0.2) is 9.97 Å². The second kappa shape index (κ2) is 9.57. The van der Waals surface area contributed by atoms with E-state index >= 15 is 0 Å². The zero-order valence-electron chi connectivity index (χ0n) is 19.0.